The van der Waals surface area contributed by atoms with E-state index < -0.39 is 0 Å². The molecule has 1 unspecified atom stereocenters. The second-order valence-corrected chi connectivity index (χ2v) is 6.08. The highest BCUT2D eigenvalue weighted by molar-refractivity contribution is 9.10. The highest BCUT2D eigenvalue weighted by Crippen LogP contribution is 2.30. The Morgan fingerprint density at radius 1 is 1.56 bits per heavy atom. The van der Waals surface area contributed by atoms with Gasteiger partial charge in [0.2, 0.25) is 0 Å². The molecule has 0 spiro atoms. The van der Waals surface area contributed by atoms with Crippen LogP contribution in [-0.2, 0) is 7.05 Å². The van der Waals surface area contributed by atoms with Crippen molar-refractivity contribution in [3.63, 3.8) is 0 Å². The second-order valence-electron chi connectivity index (χ2n) is 4.06. The van der Waals surface area contributed by atoms with Crippen LogP contribution < -0.4 is 5.32 Å². The molecule has 2 heterocycles. The van der Waals surface area contributed by atoms with E-state index in [1.54, 1.807) is 16.0 Å². The Balaban J connectivity index is 2.36. The van der Waals surface area contributed by atoms with Gasteiger partial charge in [-0.25, -0.2) is 9.67 Å². The summed E-state index contributed by atoms with van der Waals surface area (Å²) in [6, 6.07) is 0.0884. The zero-order valence-corrected chi connectivity index (χ0v) is 13.0. The number of thiazole rings is 1. The maximum absolute atomic E-state index is 4.33. The molecular formula is C11H16BrN5S. The normalized spacial score (nSPS) is 12.9. The van der Waals surface area contributed by atoms with Gasteiger partial charge in [0.15, 0.2) is 4.60 Å². The van der Waals surface area contributed by atoms with Crippen LogP contribution in [0.5, 0.6) is 0 Å². The fraction of sp³-hybridized carbons (Fsp3) is 0.545. The van der Waals surface area contributed by atoms with Crippen LogP contribution in [0, 0.1) is 6.92 Å². The van der Waals surface area contributed by atoms with Crippen LogP contribution in [0.1, 0.15) is 35.0 Å². The lowest BCUT2D eigenvalue weighted by Gasteiger charge is -2.16. The number of rotatable bonds is 5. The first-order valence-corrected chi connectivity index (χ1v) is 7.45. The van der Waals surface area contributed by atoms with Crippen LogP contribution in [0.2, 0.25) is 0 Å². The number of nitrogens with zero attached hydrogens (tertiary/aromatic N) is 4. The fourth-order valence-corrected chi connectivity index (χ4v) is 3.20. The summed E-state index contributed by atoms with van der Waals surface area (Å²) in [6.07, 6.45) is 3.00. The number of halogens is 1. The molecule has 98 valence electrons. The molecule has 0 aliphatic carbocycles. The first-order valence-electron chi connectivity index (χ1n) is 5.84. The topological polar surface area (TPSA) is 55.6 Å². The molecule has 2 aromatic heterocycles. The Bertz CT molecular complexity index is 502. The maximum Gasteiger partial charge on any atom is 0.153 e. The number of aryl methyl sites for hydroxylation is 2. The third-order valence-corrected chi connectivity index (χ3v) is 4.16. The number of hydrogen-bond donors (Lipinski definition) is 1. The Labute approximate surface area is 119 Å². The van der Waals surface area contributed by atoms with E-state index in [1.165, 1.54) is 4.88 Å². The van der Waals surface area contributed by atoms with E-state index in [0.717, 1.165) is 28.3 Å². The smallest absolute Gasteiger partial charge is 0.153 e. The van der Waals surface area contributed by atoms with Gasteiger partial charge in [-0.1, -0.05) is 12.1 Å². The molecule has 0 amide bonds. The minimum atomic E-state index is 0.0884. The average Bonchev–Trinajstić information content (AvgIpc) is 2.90. The standard InChI is InChI=1S/C11H16BrN5S/c1-4-5-13-9(8-6-14-7(2)18-8)10-11(12)15-16-17(10)3/h6,9,13H,4-5H2,1-3H3. The second kappa shape index (κ2) is 5.90. The Hall–Kier alpha value is -0.790. The van der Waals surface area contributed by atoms with E-state index >= 15 is 0 Å². The molecule has 0 aliphatic heterocycles. The summed E-state index contributed by atoms with van der Waals surface area (Å²) in [5, 5.41) is 12.7. The van der Waals surface area contributed by atoms with Crippen molar-refractivity contribution in [1.82, 2.24) is 25.3 Å². The number of nitrogens with one attached hydrogen (secondary N) is 1. The van der Waals surface area contributed by atoms with Gasteiger partial charge < -0.3 is 5.32 Å². The number of aromatic nitrogens is 4. The lowest BCUT2D eigenvalue weighted by molar-refractivity contribution is 0.555. The van der Waals surface area contributed by atoms with E-state index in [9.17, 15) is 0 Å². The van der Waals surface area contributed by atoms with Crippen molar-refractivity contribution < 1.29 is 0 Å². The van der Waals surface area contributed by atoms with Crippen LogP contribution in [0.3, 0.4) is 0 Å². The summed E-state index contributed by atoms with van der Waals surface area (Å²) in [5.74, 6) is 0. The molecule has 5 nitrogen and oxygen atoms in total. The van der Waals surface area contributed by atoms with Gasteiger partial charge in [-0.15, -0.1) is 16.4 Å². The third-order valence-electron chi connectivity index (χ3n) is 2.62. The van der Waals surface area contributed by atoms with Gasteiger partial charge in [0.05, 0.1) is 16.7 Å². The van der Waals surface area contributed by atoms with Crippen molar-refractivity contribution in [3.05, 3.63) is 26.4 Å². The zero-order chi connectivity index (χ0) is 13.1. The van der Waals surface area contributed by atoms with Crippen LogP contribution in [0.25, 0.3) is 0 Å². The lowest BCUT2D eigenvalue weighted by atomic mass is 10.2. The summed E-state index contributed by atoms with van der Waals surface area (Å²) in [7, 11) is 1.90. The molecule has 1 atom stereocenters. The van der Waals surface area contributed by atoms with Crippen molar-refractivity contribution in [3.8, 4) is 0 Å². The summed E-state index contributed by atoms with van der Waals surface area (Å²) < 4.78 is 2.58. The lowest BCUT2D eigenvalue weighted by Crippen LogP contribution is -2.24. The van der Waals surface area contributed by atoms with E-state index in [-0.39, 0.29) is 6.04 Å². The molecule has 0 aromatic carbocycles. The molecule has 0 saturated heterocycles. The quantitative estimate of drug-likeness (QED) is 0.915. The molecule has 0 bridgehead atoms. The first-order chi connectivity index (χ1) is 8.63. The average molecular weight is 330 g/mol. The van der Waals surface area contributed by atoms with Crippen LogP contribution in [0.15, 0.2) is 10.8 Å². The molecule has 1 N–H and O–H groups in total. The summed E-state index contributed by atoms with van der Waals surface area (Å²) in [5.41, 5.74) is 1.03. The Kier molecular flexibility index (Phi) is 4.47. The van der Waals surface area contributed by atoms with Gasteiger partial charge in [-0.05, 0) is 35.8 Å². The van der Waals surface area contributed by atoms with E-state index in [4.69, 9.17) is 0 Å². The van der Waals surface area contributed by atoms with Crippen molar-refractivity contribution in [1.29, 1.82) is 0 Å². The molecule has 0 aliphatic rings. The van der Waals surface area contributed by atoms with Gasteiger partial charge in [-0.3, -0.25) is 0 Å². The van der Waals surface area contributed by atoms with Gasteiger partial charge >= 0.3 is 0 Å². The summed E-state index contributed by atoms with van der Waals surface area (Å²) in [6.45, 7) is 5.11. The minimum Gasteiger partial charge on any atom is -0.304 e. The molecule has 18 heavy (non-hydrogen) atoms. The Morgan fingerprint density at radius 2 is 2.33 bits per heavy atom. The van der Waals surface area contributed by atoms with Crippen LogP contribution in [0.4, 0.5) is 0 Å². The molecule has 2 rings (SSSR count). The SMILES string of the molecule is CCCNC(c1cnc(C)s1)c1c(Br)nnn1C. The van der Waals surface area contributed by atoms with E-state index in [2.05, 4.69) is 43.5 Å². The van der Waals surface area contributed by atoms with Gasteiger partial charge in [0.25, 0.3) is 0 Å². The van der Waals surface area contributed by atoms with Crippen molar-refractivity contribution in [2.24, 2.45) is 7.05 Å². The molecule has 0 saturated carbocycles. The molecule has 2 aromatic rings. The van der Waals surface area contributed by atoms with Crippen LogP contribution >= 0.6 is 27.3 Å². The van der Waals surface area contributed by atoms with E-state index in [0.29, 0.717) is 0 Å². The van der Waals surface area contributed by atoms with Gasteiger partial charge in [0.1, 0.15) is 0 Å². The molecule has 0 radical (unpaired) electrons. The van der Waals surface area contributed by atoms with Gasteiger partial charge in [0, 0.05) is 18.1 Å². The Morgan fingerprint density at radius 3 is 2.83 bits per heavy atom. The summed E-state index contributed by atoms with van der Waals surface area (Å²) >= 11 is 5.16. The van der Waals surface area contributed by atoms with Crippen LogP contribution in [-0.4, -0.2) is 26.5 Å². The third kappa shape index (κ3) is 2.78. The number of hydrogen-bond acceptors (Lipinski definition) is 5. The minimum absolute atomic E-state index is 0.0884. The highest BCUT2D eigenvalue weighted by atomic mass is 79.9. The zero-order valence-electron chi connectivity index (χ0n) is 10.6. The highest BCUT2D eigenvalue weighted by Gasteiger charge is 2.23. The predicted molar refractivity (Wildman–Crippen MR) is 75.7 cm³/mol. The largest absolute Gasteiger partial charge is 0.304 e. The fourth-order valence-electron chi connectivity index (χ4n) is 1.78. The summed E-state index contributed by atoms with van der Waals surface area (Å²) in [4.78, 5) is 5.52. The van der Waals surface area contributed by atoms with Gasteiger partial charge in [-0.2, -0.15) is 0 Å². The maximum atomic E-state index is 4.33. The van der Waals surface area contributed by atoms with E-state index in [1.807, 2.05) is 20.2 Å². The molecule has 0 fully saturated rings. The first kappa shape index (κ1) is 13.6. The molecule has 7 heteroatoms. The molecular weight excluding hydrogens is 314 g/mol. The van der Waals surface area contributed by atoms with Crippen molar-refractivity contribution in [2.45, 2.75) is 26.3 Å². The monoisotopic (exact) mass is 329 g/mol. The van der Waals surface area contributed by atoms with Crippen molar-refractivity contribution in [2.75, 3.05) is 6.54 Å². The predicted octanol–water partition coefficient (Wildman–Crippen LogP) is 2.43. The van der Waals surface area contributed by atoms with Crippen molar-refractivity contribution >= 4 is 27.3 Å².